The van der Waals surface area contributed by atoms with E-state index in [4.69, 9.17) is 11.6 Å². The second-order valence-corrected chi connectivity index (χ2v) is 6.71. The number of ether oxygens (including phenoxy) is 1. The monoisotopic (exact) mass is 411 g/mol. The molecule has 0 saturated carbocycles. The molecule has 9 heteroatoms. The summed E-state index contributed by atoms with van der Waals surface area (Å²) < 4.78 is 42.1. The van der Waals surface area contributed by atoms with Crippen molar-refractivity contribution in [3.63, 3.8) is 0 Å². The standard InChI is InChI=1S/C19H17ClF3N3O2/c1-11-9-13-5-8-15(28-19(21,22)23)10-16(13)17(25-26(11)18(27)24-2)12-3-6-14(20)7-4-12/h3-8,10-11H,9H2,1-2H3,(H,24,27). The zero-order chi connectivity index (χ0) is 20.5. The van der Waals surface area contributed by atoms with Crippen LogP contribution in [0.1, 0.15) is 23.6 Å². The number of hydrazone groups is 1. The molecule has 1 aliphatic heterocycles. The summed E-state index contributed by atoms with van der Waals surface area (Å²) in [5.41, 5.74) is 2.18. The van der Waals surface area contributed by atoms with E-state index in [1.807, 2.05) is 6.92 Å². The van der Waals surface area contributed by atoms with Crippen molar-refractivity contribution in [2.45, 2.75) is 25.7 Å². The molecule has 5 nitrogen and oxygen atoms in total. The topological polar surface area (TPSA) is 53.9 Å². The van der Waals surface area contributed by atoms with E-state index in [2.05, 4.69) is 15.2 Å². The van der Waals surface area contributed by atoms with E-state index in [1.165, 1.54) is 24.2 Å². The first-order chi connectivity index (χ1) is 13.2. The van der Waals surface area contributed by atoms with E-state index >= 15 is 0 Å². The molecule has 0 aromatic heterocycles. The smallest absolute Gasteiger partial charge is 0.406 e. The predicted octanol–water partition coefficient (Wildman–Crippen LogP) is 4.58. The Kier molecular flexibility index (Phi) is 5.51. The number of hydrogen-bond acceptors (Lipinski definition) is 3. The maximum absolute atomic E-state index is 12.7. The number of urea groups is 1. The summed E-state index contributed by atoms with van der Waals surface area (Å²) in [5, 5.41) is 8.78. The summed E-state index contributed by atoms with van der Waals surface area (Å²) >= 11 is 5.95. The molecule has 1 aliphatic rings. The van der Waals surface area contributed by atoms with Crippen LogP contribution >= 0.6 is 11.6 Å². The highest BCUT2D eigenvalue weighted by Crippen LogP contribution is 2.30. The summed E-state index contributed by atoms with van der Waals surface area (Å²) in [6.07, 6.45) is -4.40. The Morgan fingerprint density at radius 3 is 2.54 bits per heavy atom. The summed E-state index contributed by atoms with van der Waals surface area (Å²) in [6, 6.07) is 10.1. The van der Waals surface area contributed by atoms with Gasteiger partial charge in [-0.25, -0.2) is 9.80 Å². The van der Waals surface area contributed by atoms with Crippen molar-refractivity contribution in [3.8, 4) is 5.75 Å². The number of alkyl halides is 3. The molecular weight excluding hydrogens is 395 g/mol. The van der Waals surface area contributed by atoms with Gasteiger partial charge in [-0.2, -0.15) is 5.10 Å². The first kappa shape index (κ1) is 20.0. The molecule has 1 N–H and O–H groups in total. The Bertz CT molecular complexity index is 914. The van der Waals surface area contributed by atoms with Crippen molar-refractivity contribution < 1.29 is 22.7 Å². The molecule has 3 rings (SSSR count). The Balaban J connectivity index is 2.17. The molecule has 148 valence electrons. The molecule has 1 atom stereocenters. The maximum Gasteiger partial charge on any atom is 0.573 e. The first-order valence-electron chi connectivity index (χ1n) is 8.42. The van der Waals surface area contributed by atoms with Crippen LogP contribution in [0.4, 0.5) is 18.0 Å². The molecule has 2 aromatic rings. The fraction of sp³-hybridized carbons (Fsp3) is 0.263. The molecule has 0 radical (unpaired) electrons. The van der Waals surface area contributed by atoms with E-state index in [-0.39, 0.29) is 11.8 Å². The third-order valence-electron chi connectivity index (χ3n) is 4.25. The highest BCUT2D eigenvalue weighted by Gasteiger charge is 2.32. The molecule has 0 saturated heterocycles. The zero-order valence-corrected chi connectivity index (χ0v) is 15.8. The average Bonchev–Trinajstić information content (AvgIpc) is 2.77. The van der Waals surface area contributed by atoms with Gasteiger partial charge >= 0.3 is 12.4 Å². The predicted molar refractivity (Wildman–Crippen MR) is 99.7 cm³/mol. The van der Waals surface area contributed by atoms with Crippen molar-refractivity contribution in [3.05, 3.63) is 64.2 Å². The molecule has 0 fully saturated rings. The Labute approximate surface area is 164 Å². The van der Waals surface area contributed by atoms with Gasteiger partial charge in [0.2, 0.25) is 0 Å². The van der Waals surface area contributed by atoms with Crippen molar-refractivity contribution in [1.29, 1.82) is 0 Å². The summed E-state index contributed by atoms with van der Waals surface area (Å²) in [4.78, 5) is 12.3. The lowest BCUT2D eigenvalue weighted by Crippen LogP contribution is -2.41. The van der Waals surface area contributed by atoms with Crippen LogP contribution in [-0.2, 0) is 6.42 Å². The van der Waals surface area contributed by atoms with E-state index in [9.17, 15) is 18.0 Å². The van der Waals surface area contributed by atoms with Crippen molar-refractivity contribution in [2.75, 3.05) is 7.05 Å². The molecule has 2 amide bonds. The Morgan fingerprint density at radius 1 is 1.25 bits per heavy atom. The second-order valence-electron chi connectivity index (χ2n) is 6.28. The van der Waals surface area contributed by atoms with Gasteiger partial charge in [0.1, 0.15) is 5.75 Å². The van der Waals surface area contributed by atoms with Gasteiger partial charge in [0.15, 0.2) is 0 Å². The number of carbonyl (C=O) groups excluding carboxylic acids is 1. The van der Waals surface area contributed by atoms with Crippen LogP contribution in [0.2, 0.25) is 5.02 Å². The van der Waals surface area contributed by atoms with Crippen LogP contribution in [0.15, 0.2) is 47.6 Å². The van der Waals surface area contributed by atoms with Gasteiger partial charge in [0, 0.05) is 23.2 Å². The molecule has 0 spiro atoms. The van der Waals surface area contributed by atoms with E-state index < -0.39 is 12.4 Å². The van der Waals surface area contributed by atoms with Crippen LogP contribution < -0.4 is 10.1 Å². The SMILES string of the molecule is CNC(=O)N1N=C(c2ccc(Cl)cc2)c2cc(OC(F)(F)F)ccc2CC1C. The van der Waals surface area contributed by atoms with Crippen molar-refractivity contribution in [2.24, 2.45) is 5.10 Å². The number of benzene rings is 2. The summed E-state index contributed by atoms with van der Waals surface area (Å²) in [6.45, 7) is 1.81. The minimum atomic E-state index is -4.81. The average molecular weight is 412 g/mol. The lowest BCUT2D eigenvalue weighted by molar-refractivity contribution is -0.274. The number of rotatable bonds is 2. The number of nitrogens with one attached hydrogen (secondary N) is 1. The van der Waals surface area contributed by atoms with E-state index in [0.29, 0.717) is 28.3 Å². The summed E-state index contributed by atoms with van der Waals surface area (Å²) in [7, 11) is 1.49. The van der Waals surface area contributed by atoms with Crippen LogP contribution in [0.25, 0.3) is 0 Å². The molecule has 2 aromatic carbocycles. The molecule has 0 bridgehead atoms. The highest BCUT2D eigenvalue weighted by molar-refractivity contribution is 6.30. The number of carbonyl (C=O) groups is 1. The third kappa shape index (κ3) is 4.39. The maximum atomic E-state index is 12.7. The Morgan fingerprint density at radius 2 is 1.93 bits per heavy atom. The minimum absolute atomic E-state index is 0.308. The zero-order valence-electron chi connectivity index (χ0n) is 15.0. The van der Waals surface area contributed by atoms with Crippen molar-refractivity contribution >= 4 is 23.3 Å². The summed E-state index contributed by atoms with van der Waals surface area (Å²) in [5.74, 6) is -0.353. The number of nitrogens with zero attached hydrogens (tertiary/aromatic N) is 2. The van der Waals surface area contributed by atoms with Gasteiger partial charge in [0.05, 0.1) is 11.8 Å². The molecule has 1 heterocycles. The minimum Gasteiger partial charge on any atom is -0.406 e. The van der Waals surface area contributed by atoms with Crippen molar-refractivity contribution in [1.82, 2.24) is 10.3 Å². The van der Waals surface area contributed by atoms with Crippen LogP contribution in [0.5, 0.6) is 5.75 Å². The van der Waals surface area contributed by atoms with Gasteiger partial charge in [-0.1, -0.05) is 29.8 Å². The molecule has 0 aliphatic carbocycles. The largest absolute Gasteiger partial charge is 0.573 e. The number of amides is 2. The number of halogens is 4. The highest BCUT2D eigenvalue weighted by atomic mass is 35.5. The van der Waals surface area contributed by atoms with E-state index in [1.54, 1.807) is 30.3 Å². The number of hydrogen-bond donors (Lipinski definition) is 1. The van der Waals surface area contributed by atoms with Crippen LogP contribution in [-0.4, -0.2) is 36.2 Å². The molecular formula is C19H17ClF3N3O2. The van der Waals surface area contributed by atoms with Crippen LogP contribution in [0.3, 0.4) is 0 Å². The lowest BCUT2D eigenvalue weighted by Gasteiger charge is -2.22. The number of fused-ring (bicyclic) bond motifs is 1. The van der Waals surface area contributed by atoms with Gasteiger partial charge < -0.3 is 10.1 Å². The van der Waals surface area contributed by atoms with Gasteiger partial charge in [0.25, 0.3) is 0 Å². The van der Waals surface area contributed by atoms with Gasteiger partial charge in [-0.15, -0.1) is 13.2 Å². The Hall–Kier alpha value is -2.74. The fourth-order valence-corrected chi connectivity index (χ4v) is 3.12. The van der Waals surface area contributed by atoms with Gasteiger partial charge in [-0.05, 0) is 43.2 Å². The lowest BCUT2D eigenvalue weighted by atomic mass is 9.94. The second kappa shape index (κ2) is 7.71. The fourth-order valence-electron chi connectivity index (χ4n) is 3.00. The third-order valence-corrected chi connectivity index (χ3v) is 4.50. The van der Waals surface area contributed by atoms with E-state index in [0.717, 1.165) is 5.56 Å². The van der Waals surface area contributed by atoms with Gasteiger partial charge in [-0.3, -0.25) is 0 Å². The quantitative estimate of drug-likeness (QED) is 0.786. The normalized spacial score (nSPS) is 16.7. The molecule has 1 unspecified atom stereocenters. The molecule has 28 heavy (non-hydrogen) atoms. The first-order valence-corrected chi connectivity index (χ1v) is 8.80. The van der Waals surface area contributed by atoms with Crippen LogP contribution in [0, 0.1) is 0 Å².